The van der Waals surface area contributed by atoms with Crippen LogP contribution in [0, 0.1) is 0 Å². The molecule has 0 spiro atoms. The quantitative estimate of drug-likeness (QED) is 0.761. The Hall–Kier alpha value is -0.860. The van der Waals surface area contributed by atoms with Crippen molar-refractivity contribution in [3.8, 4) is 0 Å². The van der Waals surface area contributed by atoms with E-state index in [1.54, 1.807) is 0 Å². The predicted molar refractivity (Wildman–Crippen MR) is 79.6 cm³/mol. The average molecular weight is 248 g/mol. The summed E-state index contributed by atoms with van der Waals surface area (Å²) in [5.41, 5.74) is 2.78. The van der Waals surface area contributed by atoms with Gasteiger partial charge in [-0.1, -0.05) is 24.3 Å². The third-order valence-corrected chi connectivity index (χ3v) is 3.65. The summed E-state index contributed by atoms with van der Waals surface area (Å²) in [6.45, 7) is 11.0. The highest BCUT2D eigenvalue weighted by Gasteiger charge is 2.06. The van der Waals surface area contributed by atoms with Crippen molar-refractivity contribution in [1.82, 2.24) is 9.80 Å². The van der Waals surface area contributed by atoms with E-state index < -0.39 is 0 Å². The molecule has 0 aromatic heterocycles. The molecule has 0 fully saturated rings. The molecular weight excluding hydrogens is 220 g/mol. The maximum absolute atomic E-state index is 2.36. The lowest BCUT2D eigenvalue weighted by molar-refractivity contribution is 0.263. The van der Waals surface area contributed by atoms with Gasteiger partial charge in [0.05, 0.1) is 0 Å². The minimum Gasteiger partial charge on any atom is -0.300 e. The summed E-state index contributed by atoms with van der Waals surface area (Å²) in [7, 11) is 4.34. The third-order valence-electron chi connectivity index (χ3n) is 3.65. The molecule has 2 nitrogen and oxygen atoms in total. The molecule has 0 amide bonds. The number of rotatable bonds is 6. The summed E-state index contributed by atoms with van der Waals surface area (Å²) in [4.78, 5) is 4.71. The minimum absolute atomic E-state index is 0.594. The highest BCUT2D eigenvalue weighted by atomic mass is 15.1. The van der Waals surface area contributed by atoms with Gasteiger partial charge in [-0.2, -0.15) is 0 Å². The molecule has 1 aromatic carbocycles. The first-order valence-corrected chi connectivity index (χ1v) is 6.88. The zero-order valence-corrected chi connectivity index (χ0v) is 12.8. The molecule has 0 unspecified atom stereocenters. The summed E-state index contributed by atoms with van der Waals surface area (Å²) in [5, 5.41) is 0. The molecule has 0 N–H and O–H groups in total. The highest BCUT2D eigenvalue weighted by Crippen LogP contribution is 2.11. The fourth-order valence-corrected chi connectivity index (χ4v) is 1.69. The lowest BCUT2D eigenvalue weighted by Crippen LogP contribution is -2.26. The van der Waals surface area contributed by atoms with Crippen LogP contribution in [0.15, 0.2) is 24.3 Å². The molecule has 0 heterocycles. The molecule has 102 valence electrons. The zero-order chi connectivity index (χ0) is 13.7. The van der Waals surface area contributed by atoms with Crippen LogP contribution in [-0.2, 0) is 13.1 Å². The van der Waals surface area contributed by atoms with Crippen LogP contribution in [0.5, 0.6) is 0 Å². The van der Waals surface area contributed by atoms with Gasteiger partial charge in [0, 0.05) is 25.2 Å². The summed E-state index contributed by atoms with van der Waals surface area (Å²) < 4.78 is 0. The van der Waals surface area contributed by atoms with Crippen molar-refractivity contribution in [1.29, 1.82) is 0 Å². The zero-order valence-electron chi connectivity index (χ0n) is 12.8. The van der Waals surface area contributed by atoms with Gasteiger partial charge in [-0.3, -0.25) is 9.80 Å². The standard InChI is InChI=1S/C16H28N2/c1-13(2)17(5)11-15-7-9-16(10-8-15)12-18(6)14(3)4/h7-10,13-14H,11-12H2,1-6H3. The summed E-state index contributed by atoms with van der Waals surface area (Å²) in [6.07, 6.45) is 0. The van der Waals surface area contributed by atoms with Crippen LogP contribution < -0.4 is 0 Å². The van der Waals surface area contributed by atoms with E-state index in [1.165, 1.54) is 11.1 Å². The van der Waals surface area contributed by atoms with E-state index in [2.05, 4.69) is 75.9 Å². The largest absolute Gasteiger partial charge is 0.300 e. The normalized spacial score (nSPS) is 12.1. The Kier molecular flexibility index (Phi) is 5.83. The molecule has 0 aliphatic carbocycles. The summed E-state index contributed by atoms with van der Waals surface area (Å²) in [6, 6.07) is 10.2. The van der Waals surface area contributed by atoms with Crippen molar-refractivity contribution in [2.75, 3.05) is 14.1 Å². The fourth-order valence-electron chi connectivity index (χ4n) is 1.69. The number of hydrogen-bond donors (Lipinski definition) is 0. The van der Waals surface area contributed by atoms with Crippen molar-refractivity contribution in [2.24, 2.45) is 0 Å². The van der Waals surface area contributed by atoms with Gasteiger partial charge in [0.2, 0.25) is 0 Å². The number of nitrogens with zero attached hydrogens (tertiary/aromatic N) is 2. The number of benzene rings is 1. The molecule has 0 radical (unpaired) electrons. The Morgan fingerprint density at radius 2 is 1.00 bits per heavy atom. The van der Waals surface area contributed by atoms with Crippen LogP contribution in [0.2, 0.25) is 0 Å². The molecule has 0 atom stereocenters. The molecular formula is C16H28N2. The number of hydrogen-bond acceptors (Lipinski definition) is 2. The van der Waals surface area contributed by atoms with Crippen LogP contribution in [0.3, 0.4) is 0 Å². The molecule has 0 aliphatic rings. The Labute approximate surface area is 113 Å². The maximum Gasteiger partial charge on any atom is 0.0233 e. The van der Waals surface area contributed by atoms with Gasteiger partial charge in [-0.15, -0.1) is 0 Å². The molecule has 1 aromatic rings. The molecule has 0 saturated heterocycles. The van der Waals surface area contributed by atoms with Crippen molar-refractivity contribution in [3.63, 3.8) is 0 Å². The first kappa shape index (κ1) is 15.2. The lowest BCUT2D eigenvalue weighted by atomic mass is 10.1. The second-order valence-corrected chi connectivity index (χ2v) is 5.83. The van der Waals surface area contributed by atoms with Crippen molar-refractivity contribution in [2.45, 2.75) is 52.9 Å². The minimum atomic E-state index is 0.594. The van der Waals surface area contributed by atoms with E-state index in [0.717, 1.165) is 13.1 Å². The monoisotopic (exact) mass is 248 g/mol. The fraction of sp³-hybridized carbons (Fsp3) is 0.625. The second kappa shape index (κ2) is 6.91. The SMILES string of the molecule is CC(C)N(C)Cc1ccc(CN(C)C(C)C)cc1. The first-order valence-electron chi connectivity index (χ1n) is 6.88. The van der Waals surface area contributed by atoms with Gasteiger partial charge < -0.3 is 0 Å². The van der Waals surface area contributed by atoms with Crippen LogP contribution in [0.1, 0.15) is 38.8 Å². The van der Waals surface area contributed by atoms with Crippen LogP contribution in [0.25, 0.3) is 0 Å². The Balaban J connectivity index is 2.57. The van der Waals surface area contributed by atoms with E-state index in [4.69, 9.17) is 0 Å². The topological polar surface area (TPSA) is 6.48 Å². The van der Waals surface area contributed by atoms with Crippen molar-refractivity contribution in [3.05, 3.63) is 35.4 Å². The molecule has 18 heavy (non-hydrogen) atoms. The van der Waals surface area contributed by atoms with Crippen molar-refractivity contribution >= 4 is 0 Å². The maximum atomic E-state index is 2.36. The first-order chi connectivity index (χ1) is 8.40. The van der Waals surface area contributed by atoms with E-state index in [0.29, 0.717) is 12.1 Å². The van der Waals surface area contributed by atoms with Gasteiger partial charge in [0.1, 0.15) is 0 Å². The molecule has 0 aliphatic heterocycles. The Bertz CT molecular complexity index is 306. The summed E-state index contributed by atoms with van der Waals surface area (Å²) >= 11 is 0. The predicted octanol–water partition coefficient (Wildman–Crippen LogP) is 3.37. The van der Waals surface area contributed by atoms with Crippen molar-refractivity contribution < 1.29 is 0 Å². The van der Waals surface area contributed by atoms with E-state index in [1.807, 2.05) is 0 Å². The van der Waals surface area contributed by atoms with E-state index in [-0.39, 0.29) is 0 Å². The van der Waals surface area contributed by atoms with Gasteiger partial charge in [-0.05, 0) is 52.9 Å². The Morgan fingerprint density at radius 3 is 1.22 bits per heavy atom. The average Bonchev–Trinajstić information content (AvgIpc) is 2.31. The van der Waals surface area contributed by atoms with Gasteiger partial charge in [0.25, 0.3) is 0 Å². The van der Waals surface area contributed by atoms with Gasteiger partial charge in [0.15, 0.2) is 0 Å². The van der Waals surface area contributed by atoms with Crippen LogP contribution in [-0.4, -0.2) is 36.0 Å². The highest BCUT2D eigenvalue weighted by molar-refractivity contribution is 5.22. The second-order valence-electron chi connectivity index (χ2n) is 5.83. The Morgan fingerprint density at radius 1 is 0.722 bits per heavy atom. The third kappa shape index (κ3) is 4.79. The van der Waals surface area contributed by atoms with Gasteiger partial charge >= 0.3 is 0 Å². The molecule has 0 bridgehead atoms. The molecule has 2 heteroatoms. The van der Waals surface area contributed by atoms with E-state index in [9.17, 15) is 0 Å². The van der Waals surface area contributed by atoms with Crippen LogP contribution in [0.4, 0.5) is 0 Å². The van der Waals surface area contributed by atoms with Crippen LogP contribution >= 0.6 is 0 Å². The smallest absolute Gasteiger partial charge is 0.0233 e. The molecule has 1 rings (SSSR count). The molecule has 0 saturated carbocycles. The van der Waals surface area contributed by atoms with Gasteiger partial charge in [-0.25, -0.2) is 0 Å². The lowest BCUT2D eigenvalue weighted by Gasteiger charge is -2.22. The van der Waals surface area contributed by atoms with E-state index >= 15 is 0 Å². The summed E-state index contributed by atoms with van der Waals surface area (Å²) in [5.74, 6) is 0.